The van der Waals surface area contributed by atoms with Crippen LogP contribution in [-0.4, -0.2) is 36.5 Å². The van der Waals surface area contributed by atoms with Crippen LogP contribution in [-0.2, 0) is 11.3 Å². The summed E-state index contributed by atoms with van der Waals surface area (Å²) in [4.78, 5) is 10.8. The van der Waals surface area contributed by atoms with Crippen molar-refractivity contribution < 1.29 is 27.8 Å². The van der Waals surface area contributed by atoms with E-state index in [0.717, 1.165) is 5.56 Å². The molecule has 0 aromatic heterocycles. The van der Waals surface area contributed by atoms with E-state index < -0.39 is 18.8 Å². The molecule has 1 rings (SSSR count). The molecule has 2 N–H and O–H groups in total. The van der Waals surface area contributed by atoms with Crippen molar-refractivity contribution in [3.63, 3.8) is 0 Å². The molecule has 4 nitrogen and oxygen atoms in total. The first-order valence-electron chi connectivity index (χ1n) is 6.52. The minimum Gasteiger partial charge on any atom is -0.478 e. The maximum Gasteiger partial charge on any atom is 0.411 e. The van der Waals surface area contributed by atoms with E-state index in [1.54, 1.807) is 12.1 Å². The second-order valence-electron chi connectivity index (χ2n) is 4.62. The molecule has 0 saturated carbocycles. The van der Waals surface area contributed by atoms with Crippen LogP contribution < -0.4 is 5.32 Å². The van der Waals surface area contributed by atoms with Crippen molar-refractivity contribution in [1.82, 2.24) is 5.32 Å². The molecule has 0 heterocycles. The summed E-state index contributed by atoms with van der Waals surface area (Å²) in [6, 6.07) is 6.17. The highest BCUT2D eigenvalue weighted by atomic mass is 19.4. The molecule has 1 atom stereocenters. The molecule has 0 spiro atoms. The number of nitrogens with one attached hydrogen (secondary N) is 1. The Balaban J connectivity index is 2.44. The van der Waals surface area contributed by atoms with Gasteiger partial charge in [-0.3, -0.25) is 0 Å². The highest BCUT2D eigenvalue weighted by Gasteiger charge is 2.27. The van der Waals surface area contributed by atoms with E-state index in [2.05, 4.69) is 10.1 Å². The lowest BCUT2D eigenvalue weighted by Crippen LogP contribution is -2.34. The third-order valence-electron chi connectivity index (χ3n) is 2.85. The van der Waals surface area contributed by atoms with E-state index in [0.29, 0.717) is 13.0 Å². The van der Waals surface area contributed by atoms with Crippen molar-refractivity contribution in [3.05, 3.63) is 35.4 Å². The molecule has 0 fully saturated rings. The Morgan fingerprint density at radius 3 is 2.71 bits per heavy atom. The average molecular weight is 305 g/mol. The van der Waals surface area contributed by atoms with Gasteiger partial charge in [-0.25, -0.2) is 4.79 Å². The summed E-state index contributed by atoms with van der Waals surface area (Å²) in [6.45, 7) is 0.894. The Labute approximate surface area is 120 Å². The zero-order valence-electron chi connectivity index (χ0n) is 11.6. The first-order chi connectivity index (χ1) is 9.81. The van der Waals surface area contributed by atoms with Gasteiger partial charge in [0.05, 0.1) is 12.2 Å². The summed E-state index contributed by atoms with van der Waals surface area (Å²) in [5.74, 6) is -1.02. The van der Waals surface area contributed by atoms with E-state index in [-0.39, 0.29) is 18.2 Å². The predicted molar refractivity (Wildman–Crippen MR) is 71.2 cm³/mol. The van der Waals surface area contributed by atoms with Crippen molar-refractivity contribution in [2.45, 2.75) is 32.1 Å². The zero-order chi connectivity index (χ0) is 15.9. The van der Waals surface area contributed by atoms with E-state index in [4.69, 9.17) is 5.11 Å². The fraction of sp³-hybridized carbons (Fsp3) is 0.500. The Kier molecular flexibility index (Phi) is 6.64. The number of carbonyl (C=O) groups is 1. The number of hydrogen-bond acceptors (Lipinski definition) is 3. The number of carboxylic acids is 1. The van der Waals surface area contributed by atoms with Crippen LogP contribution in [0.15, 0.2) is 24.3 Å². The molecular formula is C14H18F3NO3. The van der Waals surface area contributed by atoms with E-state index >= 15 is 0 Å². The Morgan fingerprint density at radius 2 is 2.14 bits per heavy atom. The van der Waals surface area contributed by atoms with Crippen LogP contribution >= 0.6 is 0 Å². The molecule has 0 aliphatic heterocycles. The topological polar surface area (TPSA) is 58.6 Å². The third kappa shape index (κ3) is 7.10. The van der Waals surface area contributed by atoms with Gasteiger partial charge in [0.1, 0.15) is 6.61 Å². The van der Waals surface area contributed by atoms with Gasteiger partial charge in [-0.15, -0.1) is 0 Å². The normalized spacial score (nSPS) is 13.1. The number of benzene rings is 1. The van der Waals surface area contributed by atoms with E-state index in [1.165, 1.54) is 12.1 Å². The number of rotatable bonds is 8. The molecule has 1 aromatic rings. The van der Waals surface area contributed by atoms with Crippen molar-refractivity contribution in [1.29, 1.82) is 0 Å². The molecular weight excluding hydrogens is 287 g/mol. The number of carboxylic acid groups (broad SMARTS) is 1. The number of ether oxygens (including phenoxy) is 1. The van der Waals surface area contributed by atoms with Gasteiger partial charge < -0.3 is 15.2 Å². The average Bonchev–Trinajstić information content (AvgIpc) is 2.41. The van der Waals surface area contributed by atoms with Crippen LogP contribution in [0, 0.1) is 0 Å². The Morgan fingerprint density at radius 1 is 1.43 bits per heavy atom. The molecule has 0 aliphatic carbocycles. The minimum absolute atomic E-state index is 0.0470. The summed E-state index contributed by atoms with van der Waals surface area (Å²) in [6.07, 6.45) is -3.72. The van der Waals surface area contributed by atoms with Crippen LogP contribution in [0.2, 0.25) is 0 Å². The van der Waals surface area contributed by atoms with Gasteiger partial charge in [-0.1, -0.05) is 19.1 Å². The van der Waals surface area contributed by atoms with Crippen molar-refractivity contribution in [2.75, 3.05) is 13.2 Å². The molecule has 7 heteroatoms. The lowest BCUT2D eigenvalue weighted by molar-refractivity contribution is -0.175. The van der Waals surface area contributed by atoms with E-state index in [1.807, 2.05) is 6.92 Å². The summed E-state index contributed by atoms with van der Waals surface area (Å²) in [7, 11) is 0. The maximum absolute atomic E-state index is 12.0. The second-order valence-corrected chi connectivity index (χ2v) is 4.62. The van der Waals surface area contributed by atoms with Gasteiger partial charge in [0.2, 0.25) is 0 Å². The third-order valence-corrected chi connectivity index (χ3v) is 2.85. The zero-order valence-corrected chi connectivity index (χ0v) is 11.6. The largest absolute Gasteiger partial charge is 0.478 e. The highest BCUT2D eigenvalue weighted by molar-refractivity contribution is 5.87. The lowest BCUT2D eigenvalue weighted by Gasteiger charge is -2.18. The maximum atomic E-state index is 12.0. The quantitative estimate of drug-likeness (QED) is 0.775. The van der Waals surface area contributed by atoms with Gasteiger partial charge in [0, 0.05) is 12.6 Å². The minimum atomic E-state index is -4.33. The molecule has 1 aromatic carbocycles. The van der Waals surface area contributed by atoms with Crippen molar-refractivity contribution >= 4 is 5.97 Å². The number of halogens is 3. The first kappa shape index (κ1) is 17.5. The highest BCUT2D eigenvalue weighted by Crippen LogP contribution is 2.14. The molecule has 1 unspecified atom stereocenters. The molecule has 21 heavy (non-hydrogen) atoms. The van der Waals surface area contributed by atoms with Crippen LogP contribution in [0.3, 0.4) is 0 Å². The molecule has 0 aliphatic rings. The van der Waals surface area contributed by atoms with Crippen LogP contribution in [0.25, 0.3) is 0 Å². The lowest BCUT2D eigenvalue weighted by atomic mass is 10.1. The predicted octanol–water partition coefficient (Wildman–Crippen LogP) is 2.83. The summed E-state index contributed by atoms with van der Waals surface area (Å²) in [5.41, 5.74) is 0.930. The standard InChI is InChI=1S/C14H18F3NO3/c1-2-12(8-21-9-14(15,16)17)18-7-10-4-3-5-11(6-10)13(19)20/h3-6,12,18H,2,7-9H2,1H3,(H,19,20). The monoisotopic (exact) mass is 305 g/mol. The number of alkyl halides is 3. The van der Waals surface area contributed by atoms with Crippen molar-refractivity contribution in [3.8, 4) is 0 Å². The van der Waals surface area contributed by atoms with Gasteiger partial charge >= 0.3 is 12.1 Å². The van der Waals surface area contributed by atoms with Gasteiger partial charge in [-0.05, 0) is 24.1 Å². The fourth-order valence-electron chi connectivity index (χ4n) is 1.71. The Bertz CT molecular complexity index is 463. The molecule has 0 bridgehead atoms. The van der Waals surface area contributed by atoms with Crippen LogP contribution in [0.1, 0.15) is 29.3 Å². The summed E-state index contributed by atoms with van der Waals surface area (Å²) in [5, 5.41) is 11.9. The smallest absolute Gasteiger partial charge is 0.411 e. The van der Waals surface area contributed by atoms with Crippen molar-refractivity contribution in [2.24, 2.45) is 0 Å². The second kappa shape index (κ2) is 7.99. The summed E-state index contributed by atoms with van der Waals surface area (Å²) < 4.78 is 40.6. The number of aromatic carboxylic acids is 1. The summed E-state index contributed by atoms with van der Waals surface area (Å²) >= 11 is 0. The molecule has 0 amide bonds. The van der Waals surface area contributed by atoms with Crippen LogP contribution in [0.4, 0.5) is 13.2 Å². The van der Waals surface area contributed by atoms with Gasteiger partial charge in [-0.2, -0.15) is 13.2 Å². The Hall–Kier alpha value is -1.60. The fourth-order valence-corrected chi connectivity index (χ4v) is 1.71. The van der Waals surface area contributed by atoms with Gasteiger partial charge in [0.25, 0.3) is 0 Å². The SMILES string of the molecule is CCC(COCC(F)(F)F)NCc1cccc(C(=O)O)c1. The molecule has 0 saturated heterocycles. The van der Waals surface area contributed by atoms with Gasteiger partial charge in [0.15, 0.2) is 0 Å². The van der Waals surface area contributed by atoms with E-state index in [9.17, 15) is 18.0 Å². The molecule has 118 valence electrons. The number of hydrogen-bond donors (Lipinski definition) is 2. The van der Waals surface area contributed by atoms with Crippen LogP contribution in [0.5, 0.6) is 0 Å². The molecule has 0 radical (unpaired) electrons. The first-order valence-corrected chi connectivity index (χ1v) is 6.52.